The number of phenols is 1. The number of nitrogens with zero attached hydrogens (tertiary/aromatic N) is 4. The molecule has 3 aromatic heterocycles. The van der Waals surface area contributed by atoms with Crippen molar-refractivity contribution in [3.63, 3.8) is 0 Å². The zero-order valence-electron chi connectivity index (χ0n) is 15.7. The molecule has 0 saturated carbocycles. The van der Waals surface area contributed by atoms with Crippen molar-refractivity contribution in [2.75, 3.05) is 7.11 Å². The van der Waals surface area contributed by atoms with E-state index in [0.29, 0.717) is 22.8 Å². The molecule has 0 radical (unpaired) electrons. The van der Waals surface area contributed by atoms with Crippen LogP contribution in [0.5, 0.6) is 11.6 Å². The summed E-state index contributed by atoms with van der Waals surface area (Å²) in [6.07, 6.45) is 5.83. The summed E-state index contributed by atoms with van der Waals surface area (Å²) in [4.78, 5) is 34.6. The van der Waals surface area contributed by atoms with Crippen LogP contribution in [0.25, 0.3) is 22.5 Å². The minimum atomic E-state index is -0.639. The average molecular weight is 423 g/mol. The van der Waals surface area contributed by atoms with Crippen molar-refractivity contribution < 1.29 is 9.84 Å². The number of hydrogen-bond acceptors (Lipinski definition) is 6. The Hall–Kier alpha value is -3.91. The van der Waals surface area contributed by atoms with Gasteiger partial charge in [-0.1, -0.05) is 11.6 Å². The molecule has 0 saturated heterocycles. The minimum absolute atomic E-state index is 0.115. The van der Waals surface area contributed by atoms with Crippen molar-refractivity contribution in [3.8, 4) is 34.1 Å². The maximum absolute atomic E-state index is 13.2. The molecule has 0 bridgehead atoms. The lowest BCUT2D eigenvalue weighted by molar-refractivity contribution is 0.398. The normalized spacial score (nSPS) is 10.7. The Morgan fingerprint density at radius 1 is 1.07 bits per heavy atom. The van der Waals surface area contributed by atoms with Crippen LogP contribution >= 0.6 is 11.6 Å². The van der Waals surface area contributed by atoms with Crippen LogP contribution in [0.3, 0.4) is 0 Å². The summed E-state index contributed by atoms with van der Waals surface area (Å²) in [5.41, 5.74) is 0.120. The van der Waals surface area contributed by atoms with Crippen LogP contribution in [-0.2, 0) is 0 Å². The summed E-state index contributed by atoms with van der Waals surface area (Å²) in [6, 6.07) is 10.7. The van der Waals surface area contributed by atoms with Crippen LogP contribution in [0.15, 0.2) is 76.8 Å². The summed E-state index contributed by atoms with van der Waals surface area (Å²) in [5.74, 6) is 0.274. The van der Waals surface area contributed by atoms with Crippen molar-refractivity contribution in [1.29, 1.82) is 0 Å². The van der Waals surface area contributed by atoms with Gasteiger partial charge in [0.25, 0.3) is 5.56 Å². The molecule has 9 heteroatoms. The average Bonchev–Trinajstić information content (AvgIpc) is 2.74. The van der Waals surface area contributed by atoms with E-state index in [-0.39, 0.29) is 16.3 Å². The van der Waals surface area contributed by atoms with E-state index >= 15 is 0 Å². The molecule has 0 unspecified atom stereocenters. The van der Waals surface area contributed by atoms with Gasteiger partial charge in [0.15, 0.2) is 0 Å². The Morgan fingerprint density at radius 3 is 2.53 bits per heavy atom. The van der Waals surface area contributed by atoms with E-state index in [1.165, 1.54) is 48.5 Å². The molecule has 30 heavy (non-hydrogen) atoms. The maximum Gasteiger partial charge on any atom is 0.340 e. The molecule has 4 rings (SSSR count). The van der Waals surface area contributed by atoms with E-state index < -0.39 is 11.2 Å². The summed E-state index contributed by atoms with van der Waals surface area (Å²) >= 11 is 6.05. The summed E-state index contributed by atoms with van der Waals surface area (Å²) in [7, 11) is 1.49. The fourth-order valence-corrected chi connectivity index (χ4v) is 3.23. The van der Waals surface area contributed by atoms with Gasteiger partial charge in [0.05, 0.1) is 30.2 Å². The number of methoxy groups -OCH3 is 1. The van der Waals surface area contributed by atoms with E-state index in [0.717, 1.165) is 4.57 Å². The van der Waals surface area contributed by atoms with Gasteiger partial charge < -0.3 is 9.84 Å². The first kappa shape index (κ1) is 19.4. The van der Waals surface area contributed by atoms with Gasteiger partial charge in [0.1, 0.15) is 5.75 Å². The molecule has 0 aliphatic heterocycles. The predicted octanol–water partition coefficient (Wildman–Crippen LogP) is 2.81. The van der Waals surface area contributed by atoms with Crippen molar-refractivity contribution in [3.05, 3.63) is 93.1 Å². The van der Waals surface area contributed by atoms with E-state index in [1.54, 1.807) is 30.5 Å². The quantitative estimate of drug-likeness (QED) is 0.543. The predicted molar refractivity (Wildman–Crippen MR) is 112 cm³/mol. The molecule has 3 heterocycles. The fourth-order valence-electron chi connectivity index (χ4n) is 3.01. The number of aromatic nitrogens is 4. The second kappa shape index (κ2) is 7.84. The SMILES string of the molecule is COc1ccc(-c2cn(-c3cc(O)cc(Cl)c3)c(=O)n(-c3cccnc3)c2=O)cn1. The number of pyridine rings is 2. The van der Waals surface area contributed by atoms with Gasteiger partial charge in [-0.05, 0) is 30.3 Å². The van der Waals surface area contributed by atoms with Gasteiger partial charge >= 0.3 is 5.69 Å². The molecule has 150 valence electrons. The second-order valence-corrected chi connectivity index (χ2v) is 6.74. The van der Waals surface area contributed by atoms with Crippen LogP contribution < -0.4 is 16.0 Å². The van der Waals surface area contributed by atoms with Gasteiger partial charge in [-0.15, -0.1) is 0 Å². The van der Waals surface area contributed by atoms with Crippen molar-refractivity contribution in [2.24, 2.45) is 0 Å². The Kier molecular flexibility index (Phi) is 5.07. The number of ether oxygens (including phenoxy) is 1. The molecule has 0 atom stereocenters. The first-order valence-corrected chi connectivity index (χ1v) is 9.15. The van der Waals surface area contributed by atoms with Crippen LogP contribution in [-0.4, -0.2) is 31.3 Å². The highest BCUT2D eigenvalue weighted by Gasteiger charge is 2.17. The van der Waals surface area contributed by atoms with Gasteiger partial charge in [-0.25, -0.2) is 14.3 Å². The van der Waals surface area contributed by atoms with Crippen molar-refractivity contribution >= 4 is 11.6 Å². The molecule has 8 nitrogen and oxygen atoms in total. The third kappa shape index (κ3) is 3.56. The number of hydrogen-bond donors (Lipinski definition) is 1. The van der Waals surface area contributed by atoms with Crippen LogP contribution in [0.1, 0.15) is 0 Å². The van der Waals surface area contributed by atoms with Gasteiger partial charge in [0.2, 0.25) is 5.88 Å². The number of aromatic hydroxyl groups is 1. The first-order chi connectivity index (χ1) is 14.5. The first-order valence-electron chi connectivity index (χ1n) is 8.77. The van der Waals surface area contributed by atoms with Crippen molar-refractivity contribution in [1.82, 2.24) is 19.1 Å². The molecule has 0 amide bonds. The second-order valence-electron chi connectivity index (χ2n) is 6.30. The highest BCUT2D eigenvalue weighted by Crippen LogP contribution is 2.23. The van der Waals surface area contributed by atoms with Crippen LogP contribution in [0.2, 0.25) is 5.02 Å². The topological polar surface area (TPSA) is 99.2 Å². The molecule has 4 aromatic rings. The van der Waals surface area contributed by atoms with E-state index in [4.69, 9.17) is 16.3 Å². The van der Waals surface area contributed by atoms with Gasteiger partial charge in [-0.2, -0.15) is 0 Å². The third-order valence-electron chi connectivity index (χ3n) is 4.40. The molecular formula is C21H15ClN4O4. The van der Waals surface area contributed by atoms with Gasteiger partial charge in [0, 0.05) is 41.3 Å². The molecule has 0 aliphatic carbocycles. The lowest BCUT2D eigenvalue weighted by Gasteiger charge is -2.14. The zero-order valence-corrected chi connectivity index (χ0v) is 16.4. The summed E-state index contributed by atoms with van der Waals surface area (Å²) < 4.78 is 7.31. The third-order valence-corrected chi connectivity index (χ3v) is 4.61. The van der Waals surface area contributed by atoms with E-state index in [1.807, 2.05) is 0 Å². The van der Waals surface area contributed by atoms with Crippen LogP contribution in [0, 0.1) is 0 Å². The molecule has 1 aromatic carbocycles. The smallest absolute Gasteiger partial charge is 0.340 e. The number of halogens is 1. The highest BCUT2D eigenvalue weighted by atomic mass is 35.5. The summed E-state index contributed by atoms with van der Waals surface area (Å²) in [6.45, 7) is 0. The lowest BCUT2D eigenvalue weighted by atomic mass is 10.1. The summed E-state index contributed by atoms with van der Waals surface area (Å²) in [5, 5.41) is 10.2. The Bertz CT molecular complexity index is 1310. The monoisotopic (exact) mass is 422 g/mol. The largest absolute Gasteiger partial charge is 0.508 e. The fraction of sp³-hybridized carbons (Fsp3) is 0.0476. The molecule has 0 aliphatic rings. The van der Waals surface area contributed by atoms with E-state index in [9.17, 15) is 14.7 Å². The zero-order chi connectivity index (χ0) is 21.3. The molecule has 0 spiro atoms. The number of phenolic OH excluding ortho intramolecular Hbond substituents is 1. The lowest BCUT2D eigenvalue weighted by Crippen LogP contribution is -2.38. The Labute approximate surface area is 175 Å². The maximum atomic E-state index is 13.2. The Balaban J connectivity index is 2.05. The van der Waals surface area contributed by atoms with Gasteiger partial charge in [-0.3, -0.25) is 14.3 Å². The molecular weight excluding hydrogens is 408 g/mol. The number of benzene rings is 1. The van der Waals surface area contributed by atoms with E-state index in [2.05, 4.69) is 9.97 Å². The molecule has 1 N–H and O–H groups in total. The van der Waals surface area contributed by atoms with Crippen LogP contribution in [0.4, 0.5) is 0 Å². The minimum Gasteiger partial charge on any atom is -0.508 e. The Morgan fingerprint density at radius 2 is 1.90 bits per heavy atom. The number of rotatable bonds is 4. The molecule has 0 fully saturated rings. The standard InChI is InChI=1S/C21H15ClN4O4/c1-30-19-5-4-13(10-24-19)18-12-25(16-7-14(22)8-17(27)9-16)21(29)26(20(18)28)15-3-2-6-23-11-15/h2-12,27H,1H3. The highest BCUT2D eigenvalue weighted by molar-refractivity contribution is 6.30. The van der Waals surface area contributed by atoms with Crippen molar-refractivity contribution in [2.45, 2.75) is 0 Å².